The molecule has 0 bridgehead atoms. The minimum Gasteiger partial charge on any atom is -0.455 e. The third-order valence-electron chi connectivity index (χ3n) is 2.44. The van der Waals surface area contributed by atoms with Crippen molar-refractivity contribution in [3.8, 4) is 0 Å². The molecular formula is C12H6BrIO. The Labute approximate surface area is 109 Å². The minimum absolute atomic E-state index is 0.933. The van der Waals surface area contributed by atoms with E-state index < -0.39 is 0 Å². The van der Waals surface area contributed by atoms with Crippen LogP contribution in [0.5, 0.6) is 0 Å². The molecule has 0 aliphatic rings. The average molecular weight is 373 g/mol. The average Bonchev–Trinajstić information content (AvgIpc) is 2.63. The van der Waals surface area contributed by atoms with Crippen molar-refractivity contribution in [2.45, 2.75) is 0 Å². The van der Waals surface area contributed by atoms with E-state index >= 15 is 0 Å². The van der Waals surface area contributed by atoms with Crippen LogP contribution in [0.15, 0.2) is 45.3 Å². The largest absolute Gasteiger partial charge is 0.455 e. The molecule has 0 aliphatic heterocycles. The van der Waals surface area contributed by atoms with Crippen molar-refractivity contribution < 1.29 is 4.42 Å². The monoisotopic (exact) mass is 372 g/mol. The number of furan rings is 1. The van der Waals surface area contributed by atoms with E-state index in [4.69, 9.17) is 4.42 Å². The zero-order valence-corrected chi connectivity index (χ0v) is 11.4. The van der Waals surface area contributed by atoms with Crippen LogP contribution in [0.2, 0.25) is 0 Å². The van der Waals surface area contributed by atoms with Crippen LogP contribution in [0.1, 0.15) is 0 Å². The van der Waals surface area contributed by atoms with Crippen LogP contribution in [0.25, 0.3) is 21.9 Å². The van der Waals surface area contributed by atoms with Crippen LogP contribution in [0, 0.1) is 3.57 Å². The number of rotatable bonds is 0. The lowest BCUT2D eigenvalue weighted by Gasteiger charge is -1.95. The van der Waals surface area contributed by atoms with E-state index in [1.807, 2.05) is 18.2 Å². The van der Waals surface area contributed by atoms with Gasteiger partial charge in [-0.25, -0.2) is 0 Å². The van der Waals surface area contributed by atoms with Crippen molar-refractivity contribution in [1.82, 2.24) is 0 Å². The predicted molar refractivity (Wildman–Crippen MR) is 74.1 cm³/mol. The number of halogens is 2. The molecule has 0 atom stereocenters. The highest BCUT2D eigenvalue weighted by molar-refractivity contribution is 14.1. The number of para-hydroxylation sites is 1. The highest BCUT2D eigenvalue weighted by Gasteiger charge is 2.10. The Kier molecular flexibility index (Phi) is 2.25. The highest BCUT2D eigenvalue weighted by Crippen LogP contribution is 2.35. The fourth-order valence-electron chi connectivity index (χ4n) is 1.73. The van der Waals surface area contributed by atoms with Crippen molar-refractivity contribution in [2.75, 3.05) is 0 Å². The normalized spacial score (nSPS) is 11.3. The van der Waals surface area contributed by atoms with Crippen LogP contribution in [-0.4, -0.2) is 0 Å². The fourth-order valence-corrected chi connectivity index (χ4v) is 2.58. The Morgan fingerprint density at radius 1 is 1.00 bits per heavy atom. The number of hydrogen-bond donors (Lipinski definition) is 0. The first-order chi connectivity index (χ1) is 7.27. The fraction of sp³-hybridized carbons (Fsp3) is 0. The maximum absolute atomic E-state index is 5.81. The summed E-state index contributed by atoms with van der Waals surface area (Å²) in [5.74, 6) is 0. The van der Waals surface area contributed by atoms with Gasteiger partial charge in [0.2, 0.25) is 0 Å². The van der Waals surface area contributed by atoms with E-state index in [2.05, 4.69) is 56.7 Å². The molecule has 0 N–H and O–H groups in total. The van der Waals surface area contributed by atoms with E-state index in [-0.39, 0.29) is 0 Å². The second-order valence-electron chi connectivity index (χ2n) is 3.34. The van der Waals surface area contributed by atoms with Gasteiger partial charge in [0.25, 0.3) is 0 Å². The van der Waals surface area contributed by atoms with E-state index in [1.54, 1.807) is 0 Å². The first kappa shape index (κ1) is 9.66. The molecule has 0 amide bonds. The summed E-state index contributed by atoms with van der Waals surface area (Å²) in [5, 5.41) is 2.34. The number of fused-ring (bicyclic) bond motifs is 3. The summed E-state index contributed by atoms with van der Waals surface area (Å²) in [5.41, 5.74) is 1.87. The second-order valence-corrected chi connectivity index (χ2v) is 5.29. The molecule has 0 saturated carbocycles. The molecular weight excluding hydrogens is 367 g/mol. The second kappa shape index (κ2) is 3.49. The number of hydrogen-bond acceptors (Lipinski definition) is 1. The molecule has 3 aromatic rings. The first-order valence-corrected chi connectivity index (χ1v) is 6.40. The molecule has 0 saturated heterocycles. The molecule has 0 radical (unpaired) electrons. The van der Waals surface area contributed by atoms with Crippen LogP contribution in [-0.2, 0) is 0 Å². The molecule has 3 heteroatoms. The third kappa shape index (κ3) is 1.40. The summed E-state index contributed by atoms with van der Waals surface area (Å²) in [6.45, 7) is 0. The summed E-state index contributed by atoms with van der Waals surface area (Å²) in [6.07, 6.45) is 0. The standard InChI is InChI=1S/C12H6BrIO/c13-11-9(14)6-5-8-7-3-1-2-4-10(7)15-12(8)11/h1-6H. The van der Waals surface area contributed by atoms with Gasteiger partial charge >= 0.3 is 0 Å². The van der Waals surface area contributed by atoms with Gasteiger partial charge in [-0.15, -0.1) is 0 Å². The van der Waals surface area contributed by atoms with Crippen molar-refractivity contribution >= 4 is 60.5 Å². The van der Waals surface area contributed by atoms with Crippen molar-refractivity contribution in [2.24, 2.45) is 0 Å². The van der Waals surface area contributed by atoms with E-state index in [1.165, 1.54) is 8.96 Å². The Morgan fingerprint density at radius 2 is 1.80 bits per heavy atom. The van der Waals surface area contributed by atoms with Gasteiger partial charge in [0, 0.05) is 14.3 Å². The molecule has 0 fully saturated rings. The zero-order valence-electron chi connectivity index (χ0n) is 7.63. The van der Waals surface area contributed by atoms with Crippen LogP contribution in [0.4, 0.5) is 0 Å². The molecule has 74 valence electrons. The molecule has 1 nitrogen and oxygen atoms in total. The first-order valence-electron chi connectivity index (χ1n) is 4.52. The minimum atomic E-state index is 0.933. The van der Waals surface area contributed by atoms with Crippen molar-refractivity contribution in [3.05, 3.63) is 44.4 Å². The summed E-state index contributed by atoms with van der Waals surface area (Å²) >= 11 is 5.85. The van der Waals surface area contributed by atoms with Crippen LogP contribution in [0.3, 0.4) is 0 Å². The molecule has 0 spiro atoms. The lowest BCUT2D eigenvalue weighted by atomic mass is 10.2. The lowest BCUT2D eigenvalue weighted by molar-refractivity contribution is 0.666. The lowest BCUT2D eigenvalue weighted by Crippen LogP contribution is -1.74. The van der Waals surface area contributed by atoms with Gasteiger partial charge in [0.05, 0.1) is 4.47 Å². The Hall–Kier alpha value is -0.550. The molecule has 1 heterocycles. The predicted octanol–water partition coefficient (Wildman–Crippen LogP) is 4.95. The summed E-state index contributed by atoms with van der Waals surface area (Å²) in [7, 11) is 0. The maximum Gasteiger partial charge on any atom is 0.150 e. The molecule has 2 aromatic carbocycles. The van der Waals surface area contributed by atoms with Gasteiger partial charge in [0.1, 0.15) is 5.58 Å². The van der Waals surface area contributed by atoms with Gasteiger partial charge in [-0.2, -0.15) is 0 Å². The summed E-state index contributed by atoms with van der Waals surface area (Å²) in [6, 6.07) is 12.3. The molecule has 0 aliphatic carbocycles. The molecule has 3 rings (SSSR count). The Morgan fingerprint density at radius 3 is 2.67 bits per heavy atom. The van der Waals surface area contributed by atoms with Crippen LogP contribution >= 0.6 is 38.5 Å². The molecule has 1 aromatic heterocycles. The van der Waals surface area contributed by atoms with E-state index in [0.717, 1.165) is 21.0 Å². The quantitative estimate of drug-likeness (QED) is 0.509. The van der Waals surface area contributed by atoms with Gasteiger partial charge < -0.3 is 4.42 Å². The van der Waals surface area contributed by atoms with E-state index in [0.29, 0.717) is 0 Å². The van der Waals surface area contributed by atoms with Crippen LogP contribution < -0.4 is 0 Å². The smallest absolute Gasteiger partial charge is 0.150 e. The molecule has 15 heavy (non-hydrogen) atoms. The summed E-state index contributed by atoms with van der Waals surface area (Å²) in [4.78, 5) is 0. The Balaban J connectivity index is 2.60. The SMILES string of the molecule is Brc1c(I)ccc2c1oc1ccccc12. The van der Waals surface area contributed by atoms with Gasteiger partial charge in [0.15, 0.2) is 5.58 Å². The molecule has 0 unspecified atom stereocenters. The summed E-state index contributed by atoms with van der Waals surface area (Å²) < 4.78 is 8.02. The van der Waals surface area contributed by atoms with Gasteiger partial charge in [-0.05, 0) is 56.7 Å². The van der Waals surface area contributed by atoms with Crippen molar-refractivity contribution in [3.63, 3.8) is 0 Å². The Bertz CT molecular complexity index is 657. The van der Waals surface area contributed by atoms with Crippen molar-refractivity contribution in [1.29, 1.82) is 0 Å². The third-order valence-corrected chi connectivity index (χ3v) is 4.87. The highest BCUT2D eigenvalue weighted by atomic mass is 127. The maximum atomic E-state index is 5.81. The number of benzene rings is 2. The zero-order chi connectivity index (χ0) is 10.4. The van der Waals surface area contributed by atoms with E-state index in [9.17, 15) is 0 Å². The van der Waals surface area contributed by atoms with Gasteiger partial charge in [-0.1, -0.05) is 18.2 Å². The van der Waals surface area contributed by atoms with Gasteiger partial charge in [-0.3, -0.25) is 0 Å². The topological polar surface area (TPSA) is 13.1 Å².